The van der Waals surface area contributed by atoms with Gasteiger partial charge in [-0.3, -0.25) is 4.79 Å². The lowest BCUT2D eigenvalue weighted by Gasteiger charge is -2.19. The van der Waals surface area contributed by atoms with Crippen LogP contribution in [0, 0.1) is 0 Å². The van der Waals surface area contributed by atoms with Crippen LogP contribution in [0.15, 0.2) is 30.5 Å². The number of hydrogen-bond acceptors (Lipinski definition) is 5. The Kier molecular flexibility index (Phi) is 7.58. The van der Waals surface area contributed by atoms with Crippen molar-refractivity contribution in [2.45, 2.75) is 89.2 Å². The molecule has 0 radical (unpaired) electrons. The van der Waals surface area contributed by atoms with Crippen molar-refractivity contribution in [3.05, 3.63) is 41.6 Å². The zero-order valence-corrected chi connectivity index (χ0v) is 21.0. The average molecular weight is 493 g/mol. The summed E-state index contributed by atoms with van der Waals surface area (Å²) in [6.45, 7) is 2.94. The van der Waals surface area contributed by atoms with Crippen molar-refractivity contribution in [2.24, 2.45) is 0 Å². The minimum Gasteiger partial charge on any atom is -0.487 e. The molecule has 0 bridgehead atoms. The number of nitrogens with one attached hydrogen (secondary N) is 3. The summed E-state index contributed by atoms with van der Waals surface area (Å²) in [6.07, 6.45) is 12.6. The van der Waals surface area contributed by atoms with Gasteiger partial charge in [0.15, 0.2) is 0 Å². The summed E-state index contributed by atoms with van der Waals surface area (Å²) >= 11 is 0. The van der Waals surface area contributed by atoms with Gasteiger partial charge in [0.2, 0.25) is 5.91 Å². The van der Waals surface area contributed by atoms with Crippen molar-refractivity contribution in [3.8, 4) is 17.2 Å². The van der Waals surface area contributed by atoms with Crippen molar-refractivity contribution in [3.63, 3.8) is 0 Å². The van der Waals surface area contributed by atoms with E-state index in [0.29, 0.717) is 36.7 Å². The highest BCUT2D eigenvalue weighted by molar-refractivity contribution is 5.93. The van der Waals surface area contributed by atoms with Crippen LogP contribution >= 0.6 is 0 Å². The molecule has 3 aliphatic rings. The van der Waals surface area contributed by atoms with Gasteiger partial charge in [0, 0.05) is 30.3 Å². The second kappa shape index (κ2) is 11.2. The normalized spacial score (nSPS) is 20.9. The molecule has 2 aliphatic heterocycles. The molecule has 3 N–H and O–H groups in total. The third-order valence-corrected chi connectivity index (χ3v) is 7.27. The molecule has 1 fully saturated rings. The van der Waals surface area contributed by atoms with Gasteiger partial charge in [0.1, 0.15) is 29.2 Å². The average Bonchev–Trinajstić information content (AvgIpc) is 3.39. The van der Waals surface area contributed by atoms with Gasteiger partial charge in [0.25, 0.3) is 0 Å². The number of benzene rings is 1. The summed E-state index contributed by atoms with van der Waals surface area (Å²) in [5.41, 5.74) is 1.97. The Morgan fingerprint density at radius 3 is 2.75 bits per heavy atom. The lowest BCUT2D eigenvalue weighted by molar-refractivity contribution is -0.116. The smallest absolute Gasteiger partial charge is 0.315 e. The molecule has 1 aromatic carbocycles. The van der Waals surface area contributed by atoms with Gasteiger partial charge in [-0.25, -0.2) is 9.78 Å². The molecule has 3 atom stereocenters. The highest BCUT2D eigenvalue weighted by Crippen LogP contribution is 2.54. The van der Waals surface area contributed by atoms with Crippen LogP contribution < -0.4 is 25.4 Å². The summed E-state index contributed by atoms with van der Waals surface area (Å²) in [6, 6.07) is 7.48. The van der Waals surface area contributed by atoms with Gasteiger partial charge >= 0.3 is 6.03 Å². The van der Waals surface area contributed by atoms with Gasteiger partial charge in [-0.1, -0.05) is 51.9 Å². The quantitative estimate of drug-likeness (QED) is 0.343. The first kappa shape index (κ1) is 24.4. The zero-order valence-electron chi connectivity index (χ0n) is 21.0. The first-order chi connectivity index (χ1) is 17.6. The summed E-state index contributed by atoms with van der Waals surface area (Å²) < 4.78 is 12.2. The number of fused-ring (bicyclic) bond motifs is 4. The minimum absolute atomic E-state index is 0.0183. The van der Waals surface area contributed by atoms with Crippen LogP contribution in [-0.4, -0.2) is 35.6 Å². The van der Waals surface area contributed by atoms with E-state index in [-0.39, 0.29) is 30.0 Å². The van der Waals surface area contributed by atoms with Crippen molar-refractivity contribution >= 4 is 17.8 Å². The molecule has 1 aliphatic carbocycles. The van der Waals surface area contributed by atoms with E-state index in [1.165, 1.54) is 38.5 Å². The number of nitrogens with zero attached hydrogens (tertiary/aromatic N) is 1. The number of hydrogen-bond donors (Lipinski definition) is 3. The predicted octanol–water partition coefficient (Wildman–Crippen LogP) is 5.43. The van der Waals surface area contributed by atoms with Crippen molar-refractivity contribution < 1.29 is 19.1 Å². The van der Waals surface area contributed by atoms with Crippen LogP contribution in [0.2, 0.25) is 0 Å². The molecule has 192 valence electrons. The summed E-state index contributed by atoms with van der Waals surface area (Å²) in [7, 11) is 0. The van der Waals surface area contributed by atoms with E-state index in [0.717, 1.165) is 29.7 Å². The number of carbonyl (C=O) groups is 2. The standard InChI is InChI=1S/C28H36N4O4/c1-2-3-4-5-6-7-8-9-15-30-28(34)32-25-24-20-17-18(10-12-21(20)36-26(24)25)35-22-14-16-29-27-19(22)11-13-23(33)31-27/h10,12,14,16-17,24-26H,2-9,11,13,15H2,1H3,(H,29,31,33)(H2,30,32,34)/t24-,25?,26-/m0/s1. The summed E-state index contributed by atoms with van der Waals surface area (Å²) in [5, 5.41) is 8.86. The third kappa shape index (κ3) is 5.58. The molecule has 0 spiro atoms. The Morgan fingerprint density at radius 1 is 1.11 bits per heavy atom. The molecule has 8 nitrogen and oxygen atoms in total. The van der Waals surface area contributed by atoms with Crippen LogP contribution in [0.3, 0.4) is 0 Å². The molecule has 1 unspecified atom stereocenters. The Bertz CT molecular complexity index is 1100. The summed E-state index contributed by atoms with van der Waals surface area (Å²) in [5.74, 6) is 2.93. The van der Waals surface area contributed by atoms with Crippen LogP contribution in [0.4, 0.5) is 10.6 Å². The molecule has 8 heteroatoms. The molecule has 2 aromatic rings. The number of carbonyl (C=O) groups excluding carboxylic acids is 2. The Balaban J connectivity index is 1.08. The SMILES string of the molecule is CCCCCCCCCCNC(=O)NC1[C@H]2Oc3ccc(Oc4ccnc5c4CCC(=O)N5)cc3[C@@H]12. The van der Waals surface area contributed by atoms with Gasteiger partial charge in [-0.2, -0.15) is 0 Å². The molecule has 36 heavy (non-hydrogen) atoms. The maximum atomic E-state index is 12.4. The number of urea groups is 1. The molecule has 1 saturated carbocycles. The van der Waals surface area contributed by atoms with E-state index in [1.54, 1.807) is 6.20 Å². The zero-order chi connectivity index (χ0) is 24.9. The second-order valence-electron chi connectivity index (χ2n) is 10.00. The van der Waals surface area contributed by atoms with Crippen LogP contribution in [0.25, 0.3) is 0 Å². The molecular formula is C28H36N4O4. The largest absolute Gasteiger partial charge is 0.487 e. The number of anilines is 1. The maximum absolute atomic E-state index is 12.4. The minimum atomic E-state index is -0.125. The van der Waals surface area contributed by atoms with Crippen molar-refractivity contribution in [2.75, 3.05) is 11.9 Å². The lowest BCUT2D eigenvalue weighted by Crippen LogP contribution is -2.39. The van der Waals surface area contributed by atoms with Crippen LogP contribution in [0.1, 0.15) is 81.8 Å². The molecule has 0 saturated heterocycles. The number of unbranched alkanes of at least 4 members (excludes halogenated alkanes) is 7. The van der Waals surface area contributed by atoms with Crippen LogP contribution in [-0.2, 0) is 11.2 Å². The maximum Gasteiger partial charge on any atom is 0.315 e. The summed E-state index contributed by atoms with van der Waals surface area (Å²) in [4.78, 5) is 28.3. The number of pyridine rings is 1. The van der Waals surface area contributed by atoms with Crippen LogP contribution in [0.5, 0.6) is 17.2 Å². The number of ether oxygens (including phenoxy) is 2. The topological polar surface area (TPSA) is 102 Å². The van der Waals surface area contributed by atoms with E-state index < -0.39 is 0 Å². The Hall–Kier alpha value is -3.29. The van der Waals surface area contributed by atoms with E-state index >= 15 is 0 Å². The monoisotopic (exact) mass is 492 g/mol. The molecule has 1 aromatic heterocycles. The third-order valence-electron chi connectivity index (χ3n) is 7.27. The van der Waals surface area contributed by atoms with Gasteiger partial charge in [-0.05, 0) is 37.1 Å². The van der Waals surface area contributed by atoms with E-state index in [2.05, 4.69) is 27.9 Å². The fourth-order valence-electron chi connectivity index (χ4n) is 5.22. The molecular weight excluding hydrogens is 456 g/mol. The number of rotatable bonds is 12. The van der Waals surface area contributed by atoms with Crippen molar-refractivity contribution in [1.82, 2.24) is 15.6 Å². The van der Waals surface area contributed by atoms with Gasteiger partial charge < -0.3 is 25.4 Å². The molecule has 3 amide bonds. The van der Waals surface area contributed by atoms with Crippen molar-refractivity contribution in [1.29, 1.82) is 0 Å². The van der Waals surface area contributed by atoms with Gasteiger partial charge in [-0.15, -0.1) is 0 Å². The number of amides is 3. The molecule has 3 heterocycles. The first-order valence-electron chi connectivity index (χ1n) is 13.4. The lowest BCUT2D eigenvalue weighted by atomic mass is 10.1. The van der Waals surface area contributed by atoms with E-state index in [1.807, 2.05) is 24.3 Å². The van der Waals surface area contributed by atoms with E-state index in [9.17, 15) is 9.59 Å². The second-order valence-corrected chi connectivity index (χ2v) is 10.00. The van der Waals surface area contributed by atoms with E-state index in [4.69, 9.17) is 9.47 Å². The number of aromatic nitrogens is 1. The predicted molar refractivity (Wildman–Crippen MR) is 138 cm³/mol. The fourth-order valence-corrected chi connectivity index (χ4v) is 5.22. The Morgan fingerprint density at radius 2 is 1.92 bits per heavy atom. The highest BCUT2D eigenvalue weighted by atomic mass is 16.5. The van der Waals surface area contributed by atoms with Gasteiger partial charge in [0.05, 0.1) is 12.0 Å². The first-order valence-corrected chi connectivity index (χ1v) is 13.4. The Labute approximate surface area is 212 Å². The molecule has 5 rings (SSSR count). The highest BCUT2D eigenvalue weighted by Gasteiger charge is 2.59. The fraction of sp³-hybridized carbons (Fsp3) is 0.536.